The highest BCUT2D eigenvalue weighted by Gasteiger charge is 2.22. The number of para-hydroxylation sites is 1. The molecule has 0 bridgehead atoms. The third-order valence-electron chi connectivity index (χ3n) is 4.97. The van der Waals surface area contributed by atoms with E-state index in [1.54, 1.807) is 0 Å². The van der Waals surface area contributed by atoms with Gasteiger partial charge in [-0.25, -0.2) is 0 Å². The van der Waals surface area contributed by atoms with Gasteiger partial charge in [0.25, 0.3) is 11.1 Å². The van der Waals surface area contributed by atoms with Crippen molar-refractivity contribution >= 4 is 28.6 Å². The smallest absolute Gasteiger partial charge is 0.277 e. The molecule has 2 aromatic carbocycles. The van der Waals surface area contributed by atoms with Gasteiger partial charge < -0.3 is 14.7 Å². The van der Waals surface area contributed by atoms with Crippen LogP contribution in [0.5, 0.6) is 0 Å². The summed E-state index contributed by atoms with van der Waals surface area (Å²) >= 11 is 1.27. The Morgan fingerprint density at radius 3 is 2.70 bits per heavy atom. The molecule has 0 aliphatic carbocycles. The molecule has 0 aliphatic rings. The van der Waals surface area contributed by atoms with Gasteiger partial charge in [-0.1, -0.05) is 73.6 Å². The quantitative estimate of drug-likeness (QED) is 0.375. The number of rotatable bonds is 8. The van der Waals surface area contributed by atoms with E-state index in [1.165, 1.54) is 11.8 Å². The van der Waals surface area contributed by atoms with Gasteiger partial charge in [-0.15, -0.1) is 10.2 Å². The number of hydrogen-bond donors (Lipinski definition) is 2. The fourth-order valence-electron chi connectivity index (χ4n) is 3.40. The molecule has 4 rings (SSSR count). The molecular formula is C23H24N4O2S. The number of hydrogen-bond acceptors (Lipinski definition) is 5. The zero-order valence-corrected chi connectivity index (χ0v) is 17.8. The van der Waals surface area contributed by atoms with Crippen LogP contribution in [0.3, 0.4) is 0 Å². The first kappa shape index (κ1) is 20.2. The van der Waals surface area contributed by atoms with Gasteiger partial charge in [0.15, 0.2) is 0 Å². The minimum atomic E-state index is -0.357. The summed E-state index contributed by atoms with van der Waals surface area (Å²) in [7, 11) is 0. The summed E-state index contributed by atoms with van der Waals surface area (Å²) in [6.07, 6.45) is 3.73. The number of nitrogens with one attached hydrogen (secondary N) is 2. The fourth-order valence-corrected chi connectivity index (χ4v) is 4.10. The van der Waals surface area contributed by atoms with Crippen molar-refractivity contribution in [2.45, 2.75) is 43.2 Å². The van der Waals surface area contributed by atoms with Crippen molar-refractivity contribution in [1.29, 1.82) is 0 Å². The molecule has 0 saturated carbocycles. The molecule has 154 valence electrons. The summed E-state index contributed by atoms with van der Waals surface area (Å²) in [5, 5.41) is 12.5. The molecule has 2 atom stereocenters. The highest BCUT2D eigenvalue weighted by molar-refractivity contribution is 8.00. The number of H-pyrrole nitrogens is 1. The second-order valence-electron chi connectivity index (χ2n) is 7.14. The molecule has 7 heteroatoms. The number of amides is 1. The normalized spacial score (nSPS) is 13.3. The Morgan fingerprint density at radius 1 is 1.13 bits per heavy atom. The van der Waals surface area contributed by atoms with Crippen molar-refractivity contribution in [3.05, 3.63) is 66.4 Å². The van der Waals surface area contributed by atoms with E-state index in [0.717, 1.165) is 34.9 Å². The molecular weight excluding hydrogens is 396 g/mol. The summed E-state index contributed by atoms with van der Waals surface area (Å²) in [4.78, 5) is 16.0. The minimum Gasteiger partial charge on any atom is -0.411 e. The van der Waals surface area contributed by atoms with Crippen LogP contribution in [0.4, 0.5) is 0 Å². The maximum absolute atomic E-state index is 12.8. The van der Waals surface area contributed by atoms with Gasteiger partial charge in [-0.3, -0.25) is 4.79 Å². The molecule has 0 unspecified atom stereocenters. The van der Waals surface area contributed by atoms with Gasteiger partial charge >= 0.3 is 0 Å². The van der Waals surface area contributed by atoms with Crippen molar-refractivity contribution in [1.82, 2.24) is 20.5 Å². The fraction of sp³-hybridized carbons (Fsp3) is 0.261. The average molecular weight is 421 g/mol. The van der Waals surface area contributed by atoms with E-state index < -0.39 is 0 Å². The number of fused-ring (bicyclic) bond motifs is 1. The summed E-state index contributed by atoms with van der Waals surface area (Å²) in [5.41, 5.74) is 2.98. The molecule has 4 aromatic rings. The predicted octanol–water partition coefficient (Wildman–Crippen LogP) is 5.36. The van der Waals surface area contributed by atoms with Crippen molar-refractivity contribution in [2.24, 2.45) is 0 Å². The van der Waals surface area contributed by atoms with Crippen molar-refractivity contribution < 1.29 is 9.21 Å². The van der Waals surface area contributed by atoms with Crippen molar-refractivity contribution in [2.75, 3.05) is 0 Å². The highest BCUT2D eigenvalue weighted by Crippen LogP contribution is 2.31. The lowest BCUT2D eigenvalue weighted by Crippen LogP contribution is -2.34. The molecule has 1 amide bonds. The summed E-state index contributed by atoms with van der Waals surface area (Å²) < 4.78 is 5.83. The molecule has 0 saturated heterocycles. The molecule has 2 heterocycles. The zero-order chi connectivity index (χ0) is 20.9. The minimum absolute atomic E-state index is 0.00350. The van der Waals surface area contributed by atoms with Gasteiger partial charge in [0.2, 0.25) is 5.91 Å². The third kappa shape index (κ3) is 4.41. The summed E-state index contributed by atoms with van der Waals surface area (Å²) in [6, 6.07) is 18.0. The summed E-state index contributed by atoms with van der Waals surface area (Å²) in [5.74, 6) is 0.393. The van der Waals surface area contributed by atoms with Gasteiger partial charge in [0, 0.05) is 17.1 Å². The van der Waals surface area contributed by atoms with Gasteiger partial charge in [0.05, 0.1) is 16.9 Å². The Hall–Kier alpha value is -3.06. The van der Waals surface area contributed by atoms with Gasteiger partial charge in [0.1, 0.15) is 0 Å². The number of nitrogens with zero attached hydrogens (tertiary/aromatic N) is 2. The lowest BCUT2D eigenvalue weighted by atomic mass is 10.0. The Morgan fingerprint density at radius 2 is 1.90 bits per heavy atom. The molecule has 2 N–H and O–H groups in total. The van der Waals surface area contributed by atoms with Gasteiger partial charge in [-0.2, -0.15) is 0 Å². The lowest BCUT2D eigenvalue weighted by Gasteiger charge is -2.20. The van der Waals surface area contributed by atoms with E-state index in [4.69, 9.17) is 4.42 Å². The molecule has 0 radical (unpaired) electrons. The van der Waals surface area contributed by atoms with Crippen molar-refractivity contribution in [3.63, 3.8) is 0 Å². The average Bonchev–Trinajstić information content (AvgIpc) is 3.40. The zero-order valence-electron chi connectivity index (χ0n) is 17.0. The Balaban J connectivity index is 1.43. The number of carbonyl (C=O) groups is 1. The third-order valence-corrected chi connectivity index (χ3v) is 5.90. The van der Waals surface area contributed by atoms with Crippen LogP contribution >= 0.6 is 11.8 Å². The Kier molecular flexibility index (Phi) is 6.18. The number of carbonyl (C=O) groups excluding carboxylic acids is 1. The van der Waals surface area contributed by atoms with E-state index in [2.05, 4.69) is 27.4 Å². The predicted molar refractivity (Wildman–Crippen MR) is 119 cm³/mol. The van der Waals surface area contributed by atoms with Crippen LogP contribution in [0.15, 0.2) is 70.4 Å². The van der Waals surface area contributed by atoms with E-state index in [9.17, 15) is 4.79 Å². The molecule has 0 spiro atoms. The first-order chi connectivity index (χ1) is 14.7. The van der Waals surface area contributed by atoms with Crippen LogP contribution in [0, 0.1) is 0 Å². The summed E-state index contributed by atoms with van der Waals surface area (Å²) in [6.45, 7) is 3.97. The van der Waals surface area contributed by atoms with E-state index in [1.807, 2.05) is 67.7 Å². The first-order valence-corrected chi connectivity index (χ1v) is 11.0. The SMILES string of the molecule is CCC[C@H](NC(=O)[C@@H](C)Sc1nnc(-c2c[nH]c3ccccc23)o1)c1ccccc1. The second-order valence-corrected chi connectivity index (χ2v) is 8.43. The molecule has 30 heavy (non-hydrogen) atoms. The molecule has 2 aromatic heterocycles. The monoisotopic (exact) mass is 420 g/mol. The maximum Gasteiger partial charge on any atom is 0.277 e. The van der Waals surface area contributed by atoms with Crippen LogP contribution < -0.4 is 5.32 Å². The number of thioether (sulfide) groups is 1. The topological polar surface area (TPSA) is 83.8 Å². The molecule has 0 fully saturated rings. The van der Waals surface area contributed by atoms with Crippen LogP contribution in [0.25, 0.3) is 22.4 Å². The van der Waals surface area contributed by atoms with Crippen LogP contribution in [-0.2, 0) is 4.79 Å². The van der Waals surface area contributed by atoms with Crippen LogP contribution in [-0.4, -0.2) is 26.3 Å². The lowest BCUT2D eigenvalue weighted by molar-refractivity contribution is -0.121. The second kappa shape index (κ2) is 9.17. The molecule has 0 aliphatic heterocycles. The standard InChI is InChI=1S/C23H24N4O2S/c1-3-9-19(16-10-5-4-6-11-16)25-21(28)15(2)30-23-27-26-22(29-23)18-14-24-20-13-8-7-12-17(18)20/h4-8,10-15,19,24H,3,9H2,1-2H3,(H,25,28)/t15-,19+/m1/s1. The van der Waals surface area contributed by atoms with Crippen LogP contribution in [0.1, 0.15) is 38.3 Å². The van der Waals surface area contributed by atoms with Gasteiger partial charge in [-0.05, 0) is 25.0 Å². The Bertz CT molecular complexity index is 1120. The Labute approximate surface area is 179 Å². The largest absolute Gasteiger partial charge is 0.411 e. The molecule has 6 nitrogen and oxygen atoms in total. The first-order valence-electron chi connectivity index (χ1n) is 10.1. The highest BCUT2D eigenvalue weighted by atomic mass is 32.2. The number of benzene rings is 2. The van der Waals surface area contributed by atoms with E-state index >= 15 is 0 Å². The number of aromatic amines is 1. The van der Waals surface area contributed by atoms with E-state index in [-0.39, 0.29) is 17.2 Å². The number of aromatic nitrogens is 3. The van der Waals surface area contributed by atoms with Crippen LogP contribution in [0.2, 0.25) is 0 Å². The van der Waals surface area contributed by atoms with Crippen molar-refractivity contribution in [3.8, 4) is 11.5 Å². The maximum atomic E-state index is 12.8. The van der Waals surface area contributed by atoms with E-state index in [0.29, 0.717) is 11.1 Å².